The molecule has 0 aliphatic rings. The molecule has 0 aliphatic carbocycles. The molecule has 0 saturated carbocycles. The summed E-state index contributed by atoms with van der Waals surface area (Å²) in [6.45, 7) is 3.73. The Labute approximate surface area is 88.0 Å². The molecule has 0 aromatic carbocycles. The fourth-order valence-electron chi connectivity index (χ4n) is 1.31. The molecule has 0 fully saturated rings. The molecule has 1 aromatic rings. The van der Waals surface area contributed by atoms with Gasteiger partial charge in [-0.2, -0.15) is 9.30 Å². The van der Waals surface area contributed by atoms with Gasteiger partial charge in [0.15, 0.2) is 0 Å². The zero-order chi connectivity index (χ0) is 11.3. The summed E-state index contributed by atoms with van der Waals surface area (Å²) in [4.78, 5) is 14.0. The number of halogens is 1. The first-order valence-electron chi connectivity index (χ1n) is 4.79. The lowest BCUT2D eigenvalue weighted by Gasteiger charge is -2.05. The Kier molecular flexibility index (Phi) is 4.09. The number of rotatable bonds is 4. The fourth-order valence-corrected chi connectivity index (χ4v) is 1.31. The Morgan fingerprint density at radius 1 is 1.67 bits per heavy atom. The van der Waals surface area contributed by atoms with E-state index in [0.717, 1.165) is 11.1 Å². The van der Waals surface area contributed by atoms with E-state index in [1.54, 1.807) is 12.1 Å². The second-order valence-corrected chi connectivity index (χ2v) is 3.33. The smallest absolute Gasteiger partial charge is 0.212 e. The molecule has 0 bridgehead atoms. The molecular weight excluding hydrogens is 195 g/mol. The Balaban J connectivity index is 2.86. The molecule has 0 saturated heterocycles. The van der Waals surface area contributed by atoms with E-state index in [0.29, 0.717) is 6.42 Å². The molecule has 0 N–H and O–H groups in total. The SMILES string of the molecule is CCC(N=O)C(C)=Cc1ccc(F)nc1. The van der Waals surface area contributed by atoms with Gasteiger partial charge in [-0.3, -0.25) is 0 Å². The molecule has 1 rings (SSSR count). The minimum Gasteiger partial charge on any atom is -0.228 e. The first-order chi connectivity index (χ1) is 7.17. The van der Waals surface area contributed by atoms with Crippen molar-refractivity contribution in [2.45, 2.75) is 26.3 Å². The maximum atomic E-state index is 12.5. The van der Waals surface area contributed by atoms with Crippen LogP contribution in [0.3, 0.4) is 0 Å². The normalized spacial score (nSPS) is 13.7. The van der Waals surface area contributed by atoms with E-state index >= 15 is 0 Å². The van der Waals surface area contributed by atoms with E-state index in [1.807, 2.05) is 13.8 Å². The summed E-state index contributed by atoms with van der Waals surface area (Å²) in [7, 11) is 0. The molecule has 0 spiro atoms. The number of nitrogens with zero attached hydrogens (tertiary/aromatic N) is 2. The monoisotopic (exact) mass is 208 g/mol. The van der Waals surface area contributed by atoms with Crippen molar-refractivity contribution >= 4 is 6.08 Å². The molecule has 1 atom stereocenters. The highest BCUT2D eigenvalue weighted by Crippen LogP contribution is 2.14. The quantitative estimate of drug-likeness (QED) is 0.563. The van der Waals surface area contributed by atoms with Gasteiger partial charge in [0.05, 0.1) is 0 Å². The third kappa shape index (κ3) is 3.23. The van der Waals surface area contributed by atoms with Gasteiger partial charge in [0.2, 0.25) is 5.95 Å². The van der Waals surface area contributed by atoms with Crippen LogP contribution in [0.2, 0.25) is 0 Å². The van der Waals surface area contributed by atoms with E-state index in [2.05, 4.69) is 10.2 Å². The number of aromatic nitrogens is 1. The minimum absolute atomic E-state index is 0.310. The van der Waals surface area contributed by atoms with Crippen molar-refractivity contribution in [3.63, 3.8) is 0 Å². The van der Waals surface area contributed by atoms with Crippen LogP contribution < -0.4 is 0 Å². The number of nitroso groups, excluding NO2 is 1. The van der Waals surface area contributed by atoms with Gasteiger partial charge >= 0.3 is 0 Å². The number of hydrogen-bond donors (Lipinski definition) is 0. The maximum absolute atomic E-state index is 12.5. The highest BCUT2D eigenvalue weighted by molar-refractivity contribution is 5.52. The highest BCUT2D eigenvalue weighted by Gasteiger charge is 2.07. The van der Waals surface area contributed by atoms with Crippen LogP contribution in [0.25, 0.3) is 6.08 Å². The van der Waals surface area contributed by atoms with Gasteiger partial charge in [0.1, 0.15) is 6.04 Å². The van der Waals surface area contributed by atoms with Crippen LogP contribution in [0, 0.1) is 10.9 Å². The van der Waals surface area contributed by atoms with Crippen molar-refractivity contribution in [2.75, 3.05) is 0 Å². The molecule has 0 radical (unpaired) electrons. The molecule has 0 aliphatic heterocycles. The molecule has 1 aromatic heterocycles. The van der Waals surface area contributed by atoms with Crippen molar-refractivity contribution in [3.05, 3.63) is 40.3 Å². The summed E-state index contributed by atoms with van der Waals surface area (Å²) in [5, 5.41) is 3.01. The van der Waals surface area contributed by atoms with Crippen LogP contribution in [0.5, 0.6) is 0 Å². The standard InChI is InChI=1S/C11H13FN2O/c1-3-10(14-15)8(2)6-9-4-5-11(12)13-7-9/h4-7,10H,3H2,1-2H3. The lowest BCUT2D eigenvalue weighted by Crippen LogP contribution is -2.02. The summed E-state index contributed by atoms with van der Waals surface area (Å²) in [5.41, 5.74) is 1.64. The van der Waals surface area contributed by atoms with Gasteiger partial charge in [-0.05, 0) is 36.6 Å². The molecule has 3 nitrogen and oxygen atoms in total. The minimum atomic E-state index is -0.509. The van der Waals surface area contributed by atoms with Crippen LogP contribution in [0.15, 0.2) is 29.1 Å². The largest absolute Gasteiger partial charge is 0.228 e. The van der Waals surface area contributed by atoms with Gasteiger partial charge < -0.3 is 0 Å². The van der Waals surface area contributed by atoms with Gasteiger partial charge in [-0.15, -0.1) is 0 Å². The summed E-state index contributed by atoms with van der Waals surface area (Å²) in [6.07, 6.45) is 3.89. The second-order valence-electron chi connectivity index (χ2n) is 3.33. The van der Waals surface area contributed by atoms with Crippen LogP contribution in [-0.2, 0) is 0 Å². The third-order valence-corrected chi connectivity index (χ3v) is 2.18. The van der Waals surface area contributed by atoms with Crippen molar-refractivity contribution in [1.29, 1.82) is 0 Å². The molecular formula is C11H13FN2O. The van der Waals surface area contributed by atoms with Crippen LogP contribution in [0.4, 0.5) is 4.39 Å². The van der Waals surface area contributed by atoms with Crippen molar-refractivity contribution < 1.29 is 4.39 Å². The summed E-state index contributed by atoms with van der Waals surface area (Å²) in [6, 6.07) is 2.59. The Hall–Kier alpha value is -1.58. The van der Waals surface area contributed by atoms with Gasteiger partial charge in [-0.25, -0.2) is 4.98 Å². The number of hydrogen-bond acceptors (Lipinski definition) is 3. The van der Waals surface area contributed by atoms with Crippen LogP contribution in [-0.4, -0.2) is 11.0 Å². The Morgan fingerprint density at radius 3 is 2.87 bits per heavy atom. The molecule has 4 heteroatoms. The summed E-state index contributed by atoms with van der Waals surface area (Å²) < 4.78 is 12.5. The van der Waals surface area contributed by atoms with Crippen LogP contribution >= 0.6 is 0 Å². The van der Waals surface area contributed by atoms with Gasteiger partial charge in [0.25, 0.3) is 0 Å². The van der Waals surface area contributed by atoms with Gasteiger partial charge in [-0.1, -0.05) is 18.2 Å². The molecule has 0 amide bonds. The molecule has 1 heterocycles. The molecule has 15 heavy (non-hydrogen) atoms. The Morgan fingerprint density at radius 2 is 2.40 bits per heavy atom. The summed E-state index contributed by atoms with van der Waals surface area (Å²) in [5.74, 6) is -0.509. The lowest BCUT2D eigenvalue weighted by molar-refractivity contribution is 0.583. The number of pyridine rings is 1. The molecule has 1 unspecified atom stereocenters. The van der Waals surface area contributed by atoms with Crippen molar-refractivity contribution in [3.8, 4) is 0 Å². The summed E-state index contributed by atoms with van der Waals surface area (Å²) >= 11 is 0. The zero-order valence-electron chi connectivity index (χ0n) is 8.77. The van der Waals surface area contributed by atoms with E-state index < -0.39 is 5.95 Å². The predicted octanol–water partition coefficient (Wildman–Crippen LogP) is 3.17. The fraction of sp³-hybridized carbons (Fsp3) is 0.364. The first kappa shape index (κ1) is 11.5. The topological polar surface area (TPSA) is 42.3 Å². The van der Waals surface area contributed by atoms with E-state index in [-0.39, 0.29) is 6.04 Å². The zero-order valence-corrected chi connectivity index (χ0v) is 8.77. The average molecular weight is 208 g/mol. The highest BCUT2D eigenvalue weighted by atomic mass is 19.1. The van der Waals surface area contributed by atoms with Gasteiger partial charge in [0, 0.05) is 6.20 Å². The third-order valence-electron chi connectivity index (χ3n) is 2.18. The predicted molar refractivity (Wildman–Crippen MR) is 57.7 cm³/mol. The Bertz CT molecular complexity index is 359. The first-order valence-corrected chi connectivity index (χ1v) is 4.79. The average Bonchev–Trinajstić information content (AvgIpc) is 2.23. The maximum Gasteiger partial charge on any atom is 0.212 e. The van der Waals surface area contributed by atoms with Crippen LogP contribution in [0.1, 0.15) is 25.8 Å². The lowest BCUT2D eigenvalue weighted by atomic mass is 10.1. The van der Waals surface area contributed by atoms with E-state index in [9.17, 15) is 9.30 Å². The van der Waals surface area contributed by atoms with Crippen molar-refractivity contribution in [2.24, 2.45) is 5.18 Å². The van der Waals surface area contributed by atoms with Crippen molar-refractivity contribution in [1.82, 2.24) is 4.98 Å². The second kappa shape index (κ2) is 5.34. The van der Waals surface area contributed by atoms with E-state index in [1.165, 1.54) is 12.3 Å². The molecule has 80 valence electrons. The van der Waals surface area contributed by atoms with E-state index in [4.69, 9.17) is 0 Å².